The average Bonchev–Trinajstić information content (AvgIpc) is 3.07. The number of carbonyl (C=O) groups excluding carboxylic acids is 2. The van der Waals surface area contributed by atoms with Gasteiger partial charge < -0.3 is 15.2 Å². The van der Waals surface area contributed by atoms with E-state index >= 15 is 0 Å². The average molecular weight is 481 g/mol. The molecule has 32 heavy (non-hydrogen) atoms. The van der Waals surface area contributed by atoms with Gasteiger partial charge in [0.05, 0.1) is 5.56 Å². The Hall–Kier alpha value is -2.36. The molecule has 0 saturated carbocycles. The number of sulfonamides is 1. The van der Waals surface area contributed by atoms with Crippen LogP contribution in [0.3, 0.4) is 0 Å². The van der Waals surface area contributed by atoms with Crippen molar-refractivity contribution in [3.63, 3.8) is 0 Å². The van der Waals surface area contributed by atoms with Crippen LogP contribution in [0.1, 0.15) is 53.0 Å². The lowest BCUT2D eigenvalue weighted by atomic mass is 10.1. The lowest BCUT2D eigenvalue weighted by molar-refractivity contribution is -0.121. The third-order valence-electron chi connectivity index (χ3n) is 5.52. The molecule has 2 heterocycles. The molecule has 1 fully saturated rings. The van der Waals surface area contributed by atoms with Crippen LogP contribution >= 0.6 is 11.6 Å². The topological polar surface area (TPSA) is 111 Å². The van der Waals surface area contributed by atoms with E-state index < -0.39 is 10.0 Å². The predicted octanol–water partition coefficient (Wildman–Crippen LogP) is 2.90. The second kappa shape index (κ2) is 10.5. The molecule has 0 unspecified atom stereocenters. The Morgan fingerprint density at radius 2 is 1.78 bits per heavy atom. The van der Waals surface area contributed by atoms with E-state index in [2.05, 4.69) is 15.0 Å². The molecule has 8 nitrogen and oxygen atoms in total. The van der Waals surface area contributed by atoms with Crippen molar-refractivity contribution in [3.8, 4) is 0 Å². The van der Waals surface area contributed by atoms with Gasteiger partial charge in [-0.1, -0.05) is 29.8 Å². The zero-order valence-electron chi connectivity index (χ0n) is 18.3. The van der Waals surface area contributed by atoms with Gasteiger partial charge in [0.2, 0.25) is 15.9 Å². The fraction of sp³-hybridized carbons (Fsp3) is 0.455. The minimum Gasteiger partial charge on any atom is -0.361 e. The number of piperidine rings is 1. The number of hydrogen-bond acceptors (Lipinski definition) is 4. The Labute approximate surface area is 193 Å². The maximum atomic E-state index is 13.1. The van der Waals surface area contributed by atoms with Gasteiger partial charge in [0.15, 0.2) is 0 Å². The Kier molecular flexibility index (Phi) is 7.97. The largest absolute Gasteiger partial charge is 0.361 e. The van der Waals surface area contributed by atoms with Gasteiger partial charge in [-0.15, -0.1) is 0 Å². The molecular weight excluding hydrogens is 452 g/mol. The maximum Gasteiger partial charge on any atom is 0.257 e. The number of benzene rings is 1. The summed E-state index contributed by atoms with van der Waals surface area (Å²) in [5.74, 6) is -0.580. The van der Waals surface area contributed by atoms with Gasteiger partial charge in [-0.3, -0.25) is 9.59 Å². The van der Waals surface area contributed by atoms with E-state index in [4.69, 9.17) is 11.6 Å². The molecule has 174 valence electrons. The Morgan fingerprint density at radius 1 is 1.09 bits per heavy atom. The first kappa shape index (κ1) is 24.3. The van der Waals surface area contributed by atoms with Gasteiger partial charge in [-0.05, 0) is 44.7 Å². The SMILES string of the molecule is Cc1[nH]c(C)c(S(=O)(=O)NCCC(=O)NCc2ccccc2Cl)c1C(=O)N1CCCCC1. The number of aromatic amines is 1. The predicted molar refractivity (Wildman–Crippen MR) is 123 cm³/mol. The zero-order chi connectivity index (χ0) is 23.3. The number of likely N-dealkylation sites (tertiary alicyclic amines) is 1. The summed E-state index contributed by atoms with van der Waals surface area (Å²) in [7, 11) is -3.98. The van der Waals surface area contributed by atoms with E-state index in [9.17, 15) is 18.0 Å². The van der Waals surface area contributed by atoms with Gasteiger partial charge in [-0.2, -0.15) is 0 Å². The number of nitrogens with zero attached hydrogens (tertiary/aromatic N) is 1. The number of aryl methyl sites for hydroxylation is 2. The highest BCUT2D eigenvalue weighted by molar-refractivity contribution is 7.89. The molecule has 1 aromatic carbocycles. The molecule has 2 aromatic rings. The molecule has 1 aliphatic heterocycles. The number of amides is 2. The first-order chi connectivity index (χ1) is 15.2. The highest BCUT2D eigenvalue weighted by Gasteiger charge is 2.31. The highest BCUT2D eigenvalue weighted by Crippen LogP contribution is 2.26. The van der Waals surface area contributed by atoms with Gasteiger partial charge in [0.25, 0.3) is 5.91 Å². The van der Waals surface area contributed by atoms with E-state index in [0.717, 1.165) is 24.8 Å². The van der Waals surface area contributed by atoms with Crippen molar-refractivity contribution in [2.75, 3.05) is 19.6 Å². The second-order valence-electron chi connectivity index (χ2n) is 7.95. The van der Waals surface area contributed by atoms with Gasteiger partial charge in [-0.25, -0.2) is 13.1 Å². The Bertz CT molecular complexity index is 1090. The van der Waals surface area contributed by atoms with E-state index in [1.54, 1.807) is 30.9 Å². The third-order valence-corrected chi connectivity index (χ3v) is 7.52. The molecule has 1 saturated heterocycles. The molecule has 3 rings (SSSR count). The van der Waals surface area contributed by atoms with Crippen LogP contribution in [0.25, 0.3) is 0 Å². The summed E-state index contributed by atoms with van der Waals surface area (Å²) in [6.45, 7) is 4.76. The van der Waals surface area contributed by atoms with Crippen LogP contribution < -0.4 is 10.0 Å². The monoisotopic (exact) mass is 480 g/mol. The summed E-state index contributed by atoms with van der Waals surface area (Å²) in [6.07, 6.45) is 2.86. The number of halogens is 1. The first-order valence-corrected chi connectivity index (χ1v) is 12.5. The lowest BCUT2D eigenvalue weighted by Crippen LogP contribution is -2.37. The molecule has 0 aliphatic carbocycles. The summed E-state index contributed by atoms with van der Waals surface area (Å²) in [6, 6.07) is 7.17. The molecule has 1 aliphatic rings. The number of aromatic nitrogens is 1. The molecule has 0 bridgehead atoms. The second-order valence-corrected chi connectivity index (χ2v) is 10.1. The van der Waals surface area contributed by atoms with Crippen molar-refractivity contribution in [2.24, 2.45) is 0 Å². The van der Waals surface area contributed by atoms with E-state index in [0.29, 0.717) is 29.5 Å². The van der Waals surface area contributed by atoms with E-state index in [1.807, 2.05) is 12.1 Å². The Balaban J connectivity index is 1.63. The highest BCUT2D eigenvalue weighted by atomic mass is 35.5. The molecule has 2 amide bonds. The van der Waals surface area contributed by atoms with Crippen LogP contribution in [0.5, 0.6) is 0 Å². The van der Waals surface area contributed by atoms with Crippen LogP contribution in [0.2, 0.25) is 5.02 Å². The maximum absolute atomic E-state index is 13.1. The molecule has 0 radical (unpaired) electrons. The summed E-state index contributed by atoms with van der Waals surface area (Å²) >= 11 is 6.08. The molecular formula is C22H29ClN4O4S. The van der Waals surface area contributed by atoms with Crippen LogP contribution in [0.15, 0.2) is 29.2 Å². The number of nitrogens with one attached hydrogen (secondary N) is 3. The number of hydrogen-bond donors (Lipinski definition) is 3. The van der Waals surface area contributed by atoms with Gasteiger partial charge in [0, 0.05) is 49.0 Å². The summed E-state index contributed by atoms with van der Waals surface area (Å²) in [5.41, 5.74) is 1.89. The van der Waals surface area contributed by atoms with Crippen molar-refractivity contribution >= 4 is 33.4 Å². The fourth-order valence-electron chi connectivity index (χ4n) is 3.90. The van der Waals surface area contributed by atoms with E-state index in [-0.39, 0.29) is 41.8 Å². The van der Waals surface area contributed by atoms with Crippen molar-refractivity contribution in [2.45, 2.75) is 51.0 Å². The summed E-state index contributed by atoms with van der Waals surface area (Å²) in [5, 5.41) is 3.28. The smallest absolute Gasteiger partial charge is 0.257 e. The van der Waals surface area contributed by atoms with Crippen LogP contribution in [-0.4, -0.2) is 49.8 Å². The number of carbonyl (C=O) groups is 2. The van der Waals surface area contributed by atoms with Crippen LogP contribution in [-0.2, 0) is 21.4 Å². The van der Waals surface area contributed by atoms with Crippen LogP contribution in [0, 0.1) is 13.8 Å². The molecule has 1 aromatic heterocycles. The van der Waals surface area contributed by atoms with E-state index in [1.165, 1.54) is 0 Å². The van der Waals surface area contributed by atoms with Crippen molar-refractivity contribution in [1.82, 2.24) is 19.9 Å². The quantitative estimate of drug-likeness (QED) is 0.539. The van der Waals surface area contributed by atoms with Gasteiger partial charge in [0.1, 0.15) is 4.90 Å². The minimum absolute atomic E-state index is 0.0398. The van der Waals surface area contributed by atoms with Gasteiger partial charge >= 0.3 is 0 Å². The zero-order valence-corrected chi connectivity index (χ0v) is 19.9. The standard InChI is InChI=1S/C22H29ClN4O4S/c1-15-20(22(29)27-12-6-3-7-13-27)21(16(2)26-15)32(30,31)25-11-10-19(28)24-14-17-8-4-5-9-18(17)23/h4-5,8-9,25-26H,3,6-7,10-14H2,1-2H3,(H,24,28). The molecule has 10 heteroatoms. The third kappa shape index (κ3) is 5.70. The fourth-order valence-corrected chi connectivity index (χ4v) is 5.58. The first-order valence-electron chi connectivity index (χ1n) is 10.7. The van der Waals surface area contributed by atoms with Crippen molar-refractivity contribution in [1.29, 1.82) is 0 Å². The van der Waals surface area contributed by atoms with Crippen molar-refractivity contribution in [3.05, 3.63) is 51.8 Å². The van der Waals surface area contributed by atoms with Crippen molar-refractivity contribution < 1.29 is 18.0 Å². The Morgan fingerprint density at radius 3 is 2.47 bits per heavy atom. The molecule has 0 spiro atoms. The molecule has 0 atom stereocenters. The number of rotatable bonds is 8. The minimum atomic E-state index is -3.98. The normalized spacial score (nSPS) is 14.4. The van der Waals surface area contributed by atoms with Crippen LogP contribution in [0.4, 0.5) is 0 Å². The number of H-pyrrole nitrogens is 1. The lowest BCUT2D eigenvalue weighted by Gasteiger charge is -2.27. The molecule has 3 N–H and O–H groups in total. The summed E-state index contributed by atoms with van der Waals surface area (Å²) in [4.78, 5) is 29.9. The summed E-state index contributed by atoms with van der Waals surface area (Å²) < 4.78 is 28.5.